The molecule has 33 heavy (non-hydrogen) atoms. The lowest BCUT2D eigenvalue weighted by Crippen LogP contribution is -2.00. The number of allylic oxidation sites excluding steroid dienone is 1. The van der Waals surface area contributed by atoms with Crippen LogP contribution in [0.5, 0.6) is 0 Å². The minimum absolute atomic E-state index is 0.128. The Balaban J connectivity index is 1.58. The summed E-state index contributed by atoms with van der Waals surface area (Å²) in [5.74, 6) is 6.71. The third-order valence-corrected chi connectivity index (χ3v) is 5.55. The molecule has 0 unspecified atom stereocenters. The molecule has 0 amide bonds. The second kappa shape index (κ2) is 11.4. The fraction of sp³-hybridized carbons (Fsp3) is 0.250. The van der Waals surface area contributed by atoms with Crippen molar-refractivity contribution in [3.63, 3.8) is 0 Å². The fourth-order valence-corrected chi connectivity index (χ4v) is 3.77. The summed E-state index contributed by atoms with van der Waals surface area (Å²) in [4.78, 5) is 16.7. The summed E-state index contributed by atoms with van der Waals surface area (Å²) in [7, 11) is 0. The summed E-state index contributed by atoms with van der Waals surface area (Å²) in [5.41, 5.74) is 9.92. The van der Waals surface area contributed by atoms with Crippen molar-refractivity contribution in [1.29, 1.82) is 5.41 Å². The monoisotopic (exact) mass is 457 g/mol. The number of aromatic nitrogens is 1. The van der Waals surface area contributed by atoms with Crippen LogP contribution in [0.4, 0.5) is 5.82 Å². The van der Waals surface area contributed by atoms with Crippen molar-refractivity contribution < 1.29 is 4.79 Å². The number of hydrogen-bond donors (Lipinski definition) is 2. The van der Waals surface area contributed by atoms with Crippen LogP contribution in [0, 0.1) is 17.3 Å². The molecule has 2 aromatic carbocycles. The summed E-state index contributed by atoms with van der Waals surface area (Å²) in [5, 5.41) is 10.3. The smallest absolute Gasteiger partial charge is 0.162 e. The maximum atomic E-state index is 12.5. The van der Waals surface area contributed by atoms with Gasteiger partial charge in [0.1, 0.15) is 5.82 Å². The molecule has 0 spiro atoms. The van der Waals surface area contributed by atoms with E-state index >= 15 is 0 Å². The Hall–Kier alpha value is -3.42. The number of pyridine rings is 1. The first-order valence-electron chi connectivity index (χ1n) is 11.0. The number of nitrogens with zero attached hydrogens (tertiary/aromatic N) is 1. The van der Waals surface area contributed by atoms with E-state index in [2.05, 4.69) is 23.4 Å². The number of nitrogens with two attached hydrogens (primary N) is 1. The Morgan fingerprint density at radius 1 is 1.09 bits per heavy atom. The number of unbranched alkanes of at least 4 members (excludes halogenated alkanes) is 2. The van der Waals surface area contributed by atoms with E-state index in [1.807, 2.05) is 49.4 Å². The van der Waals surface area contributed by atoms with Crippen LogP contribution >= 0.6 is 11.6 Å². The van der Waals surface area contributed by atoms with E-state index in [4.69, 9.17) is 22.7 Å². The number of hydrogen-bond acceptors (Lipinski definition) is 4. The zero-order chi connectivity index (χ0) is 23.8. The van der Waals surface area contributed by atoms with Crippen LogP contribution in [0.2, 0.25) is 5.02 Å². The van der Waals surface area contributed by atoms with Gasteiger partial charge in [0, 0.05) is 51.7 Å². The normalized spacial score (nSPS) is 10.5. The largest absolute Gasteiger partial charge is 0.383 e. The van der Waals surface area contributed by atoms with Crippen LogP contribution in [0.15, 0.2) is 60.8 Å². The predicted octanol–water partition coefficient (Wildman–Crippen LogP) is 6.99. The third kappa shape index (κ3) is 7.03. The van der Waals surface area contributed by atoms with E-state index in [1.165, 1.54) is 0 Å². The molecule has 3 rings (SSSR count). The molecule has 0 aliphatic carbocycles. The molecule has 0 saturated heterocycles. The van der Waals surface area contributed by atoms with Gasteiger partial charge in [-0.3, -0.25) is 4.79 Å². The van der Waals surface area contributed by atoms with E-state index in [-0.39, 0.29) is 5.78 Å². The van der Waals surface area contributed by atoms with Crippen LogP contribution in [0.3, 0.4) is 0 Å². The number of carbonyl (C=O) groups excluding carboxylic acids is 1. The molecule has 0 saturated carbocycles. The van der Waals surface area contributed by atoms with Gasteiger partial charge in [-0.05, 0) is 50.5 Å². The van der Waals surface area contributed by atoms with Crippen molar-refractivity contribution in [3.8, 4) is 11.8 Å². The van der Waals surface area contributed by atoms with Crippen LogP contribution in [0.25, 0.3) is 10.8 Å². The SMILES string of the molecule is C=C(C)CC(=N)CCCCCC(=O)c1ccc(C#Cc2c(N)ncc3ccc(Cl)cc23)cc1. The van der Waals surface area contributed by atoms with Crippen LogP contribution < -0.4 is 5.73 Å². The average molecular weight is 458 g/mol. The summed E-state index contributed by atoms with van der Waals surface area (Å²) >= 11 is 6.14. The van der Waals surface area contributed by atoms with Gasteiger partial charge in [0.2, 0.25) is 0 Å². The van der Waals surface area contributed by atoms with Crippen molar-refractivity contribution in [2.45, 2.75) is 45.4 Å². The molecule has 1 heterocycles. The highest BCUT2D eigenvalue weighted by molar-refractivity contribution is 6.31. The van der Waals surface area contributed by atoms with Crippen molar-refractivity contribution in [2.75, 3.05) is 5.73 Å². The van der Waals surface area contributed by atoms with Crippen molar-refractivity contribution in [3.05, 3.63) is 82.5 Å². The summed E-state index contributed by atoms with van der Waals surface area (Å²) in [6, 6.07) is 12.9. The summed E-state index contributed by atoms with van der Waals surface area (Å²) in [6.45, 7) is 5.78. The standard InChI is InChI=1S/C28H28ClN3O/c1-19(2)16-24(30)6-4-3-5-7-27(33)21-11-8-20(9-12-21)10-15-25-26-17-23(29)14-13-22(26)18-32-28(25)31/h8-9,11-14,17-18,30H,1,3-7,16H2,2H3,(H2,31,32). The van der Waals surface area contributed by atoms with E-state index in [0.717, 1.165) is 53.3 Å². The molecule has 5 heteroatoms. The molecule has 4 nitrogen and oxygen atoms in total. The number of rotatable bonds is 9. The molecule has 3 N–H and O–H groups in total. The number of anilines is 1. The van der Waals surface area contributed by atoms with Gasteiger partial charge in [0.05, 0.1) is 5.56 Å². The lowest BCUT2D eigenvalue weighted by molar-refractivity contribution is 0.0979. The van der Waals surface area contributed by atoms with Gasteiger partial charge in [-0.15, -0.1) is 0 Å². The number of benzene rings is 2. The molecule has 3 aromatic rings. The Bertz CT molecular complexity index is 1240. The van der Waals surface area contributed by atoms with Gasteiger partial charge in [-0.2, -0.15) is 0 Å². The van der Waals surface area contributed by atoms with Gasteiger partial charge in [0.25, 0.3) is 0 Å². The molecule has 1 aromatic heterocycles. The van der Waals surface area contributed by atoms with E-state index in [0.29, 0.717) is 34.8 Å². The quantitative estimate of drug-likeness (QED) is 0.119. The molecule has 0 atom stereocenters. The van der Waals surface area contributed by atoms with Crippen LogP contribution in [-0.4, -0.2) is 16.5 Å². The van der Waals surface area contributed by atoms with Crippen molar-refractivity contribution in [2.24, 2.45) is 0 Å². The Morgan fingerprint density at radius 2 is 1.82 bits per heavy atom. The molecule has 0 fully saturated rings. The Morgan fingerprint density at radius 3 is 2.55 bits per heavy atom. The van der Waals surface area contributed by atoms with E-state index in [9.17, 15) is 4.79 Å². The molecule has 0 bridgehead atoms. The van der Waals surface area contributed by atoms with E-state index in [1.54, 1.807) is 6.20 Å². The number of nitrogen functional groups attached to an aromatic ring is 1. The molecule has 168 valence electrons. The number of fused-ring (bicyclic) bond motifs is 1. The zero-order valence-corrected chi connectivity index (χ0v) is 19.6. The number of Topliss-reactive ketones (excluding diaryl/α,β-unsaturated/α-hetero) is 1. The Labute approximate surface area is 200 Å². The van der Waals surface area contributed by atoms with Crippen molar-refractivity contribution >= 4 is 39.7 Å². The van der Waals surface area contributed by atoms with Gasteiger partial charge < -0.3 is 11.1 Å². The first-order chi connectivity index (χ1) is 15.8. The third-order valence-electron chi connectivity index (χ3n) is 5.32. The van der Waals surface area contributed by atoms with Gasteiger partial charge >= 0.3 is 0 Å². The molecular formula is C28H28ClN3O. The van der Waals surface area contributed by atoms with Gasteiger partial charge in [-0.1, -0.05) is 60.2 Å². The molecular weight excluding hydrogens is 430 g/mol. The first-order valence-corrected chi connectivity index (χ1v) is 11.4. The number of carbonyl (C=O) groups is 1. The highest BCUT2D eigenvalue weighted by Crippen LogP contribution is 2.25. The van der Waals surface area contributed by atoms with Crippen LogP contribution in [0.1, 0.15) is 66.9 Å². The second-order valence-electron chi connectivity index (χ2n) is 8.30. The maximum Gasteiger partial charge on any atom is 0.162 e. The van der Waals surface area contributed by atoms with Crippen molar-refractivity contribution in [1.82, 2.24) is 4.98 Å². The fourth-order valence-electron chi connectivity index (χ4n) is 3.60. The maximum absolute atomic E-state index is 12.5. The van der Waals surface area contributed by atoms with Crippen LogP contribution in [-0.2, 0) is 0 Å². The summed E-state index contributed by atoms with van der Waals surface area (Å²) < 4.78 is 0. The van der Waals surface area contributed by atoms with E-state index < -0.39 is 0 Å². The lowest BCUT2D eigenvalue weighted by Gasteiger charge is -2.05. The topological polar surface area (TPSA) is 79.8 Å². The Kier molecular flexibility index (Phi) is 8.40. The first kappa shape index (κ1) is 24.2. The molecule has 0 radical (unpaired) electrons. The highest BCUT2D eigenvalue weighted by Gasteiger charge is 2.07. The zero-order valence-electron chi connectivity index (χ0n) is 18.9. The minimum atomic E-state index is 0.128. The number of halogens is 1. The molecule has 0 aliphatic heterocycles. The predicted molar refractivity (Wildman–Crippen MR) is 138 cm³/mol. The molecule has 0 aliphatic rings. The summed E-state index contributed by atoms with van der Waals surface area (Å²) in [6.07, 6.45) is 6.37. The second-order valence-corrected chi connectivity index (χ2v) is 8.74. The highest BCUT2D eigenvalue weighted by atomic mass is 35.5. The van der Waals surface area contributed by atoms with Gasteiger partial charge in [-0.25, -0.2) is 4.98 Å². The average Bonchev–Trinajstić information content (AvgIpc) is 2.78. The lowest BCUT2D eigenvalue weighted by atomic mass is 10.0. The minimum Gasteiger partial charge on any atom is -0.383 e. The van der Waals surface area contributed by atoms with Gasteiger partial charge in [0.15, 0.2) is 5.78 Å². The number of nitrogens with one attached hydrogen (secondary N) is 1. The number of ketones is 1.